The quantitative estimate of drug-likeness (QED) is 0.800. The minimum atomic E-state index is -0.203. The number of carbonyl (C=O) groups is 1. The van der Waals surface area contributed by atoms with Crippen molar-refractivity contribution in [2.75, 3.05) is 11.9 Å². The average Bonchev–Trinajstić information content (AvgIpc) is 2.83. The van der Waals surface area contributed by atoms with Crippen molar-refractivity contribution in [3.8, 4) is 6.07 Å². The molecule has 2 aromatic rings. The molecule has 0 aliphatic rings. The van der Waals surface area contributed by atoms with E-state index in [0.29, 0.717) is 16.9 Å². The van der Waals surface area contributed by atoms with Crippen LogP contribution in [0.25, 0.3) is 0 Å². The van der Waals surface area contributed by atoms with Crippen molar-refractivity contribution in [3.05, 3.63) is 48.0 Å². The molecule has 0 saturated heterocycles. The van der Waals surface area contributed by atoms with E-state index < -0.39 is 0 Å². The maximum atomic E-state index is 12.1. The van der Waals surface area contributed by atoms with Gasteiger partial charge in [0.1, 0.15) is 5.69 Å². The summed E-state index contributed by atoms with van der Waals surface area (Å²) in [7, 11) is 3.47. The molecular weight excluding hydrogens is 228 g/mol. The van der Waals surface area contributed by atoms with Crippen molar-refractivity contribution in [2.45, 2.75) is 0 Å². The molecule has 0 N–H and O–H groups in total. The Morgan fingerprint density at radius 2 is 2.28 bits per heavy atom. The molecule has 0 radical (unpaired) electrons. The first-order valence-corrected chi connectivity index (χ1v) is 5.38. The molecule has 5 heteroatoms. The largest absolute Gasteiger partial charge is 0.340 e. The highest BCUT2D eigenvalue weighted by molar-refractivity contribution is 6.04. The number of amides is 1. The molecule has 0 fully saturated rings. The third kappa shape index (κ3) is 2.23. The van der Waals surface area contributed by atoms with Crippen molar-refractivity contribution >= 4 is 11.6 Å². The molecule has 1 amide bonds. The molecule has 0 saturated carbocycles. The first-order chi connectivity index (χ1) is 8.61. The summed E-state index contributed by atoms with van der Waals surface area (Å²) in [5, 5.41) is 8.83. The van der Waals surface area contributed by atoms with Crippen LogP contribution >= 0.6 is 0 Å². The van der Waals surface area contributed by atoms with Gasteiger partial charge in [0.15, 0.2) is 0 Å². The lowest BCUT2D eigenvalue weighted by molar-refractivity contribution is 0.0988. The molecule has 1 aromatic heterocycles. The van der Waals surface area contributed by atoms with E-state index in [2.05, 4.69) is 4.98 Å². The molecule has 5 nitrogen and oxygen atoms in total. The fourth-order valence-electron chi connectivity index (χ4n) is 1.60. The second-order valence-electron chi connectivity index (χ2n) is 3.95. The van der Waals surface area contributed by atoms with Gasteiger partial charge >= 0.3 is 0 Å². The standard InChI is InChI=1S/C13H12N4O/c1-16-8-12(15-9-16)13(18)17(2)11-5-3-4-10(6-11)7-14/h3-6,8-9H,1-2H3. The van der Waals surface area contributed by atoms with E-state index in [4.69, 9.17) is 5.26 Å². The van der Waals surface area contributed by atoms with E-state index >= 15 is 0 Å². The summed E-state index contributed by atoms with van der Waals surface area (Å²) < 4.78 is 1.72. The van der Waals surface area contributed by atoms with Crippen LogP contribution in [0.2, 0.25) is 0 Å². The predicted molar refractivity (Wildman–Crippen MR) is 67.1 cm³/mol. The number of nitriles is 1. The highest BCUT2D eigenvalue weighted by Crippen LogP contribution is 2.16. The number of aromatic nitrogens is 2. The maximum absolute atomic E-state index is 12.1. The lowest BCUT2D eigenvalue weighted by atomic mass is 10.2. The minimum absolute atomic E-state index is 0.203. The van der Waals surface area contributed by atoms with Crippen LogP contribution in [0.1, 0.15) is 16.1 Å². The molecule has 0 bridgehead atoms. The van der Waals surface area contributed by atoms with E-state index in [9.17, 15) is 4.79 Å². The third-order valence-corrected chi connectivity index (χ3v) is 2.59. The lowest BCUT2D eigenvalue weighted by Crippen LogP contribution is -2.26. The van der Waals surface area contributed by atoms with Gasteiger partial charge in [0.2, 0.25) is 0 Å². The van der Waals surface area contributed by atoms with Crippen molar-refractivity contribution in [1.82, 2.24) is 9.55 Å². The summed E-state index contributed by atoms with van der Waals surface area (Å²) in [4.78, 5) is 17.6. The molecular formula is C13H12N4O. The molecule has 0 spiro atoms. The van der Waals surface area contributed by atoms with Gasteiger partial charge in [-0.15, -0.1) is 0 Å². The zero-order chi connectivity index (χ0) is 13.1. The minimum Gasteiger partial charge on any atom is -0.340 e. The van der Waals surface area contributed by atoms with Crippen molar-refractivity contribution < 1.29 is 4.79 Å². The van der Waals surface area contributed by atoms with Gasteiger partial charge in [0, 0.05) is 26.0 Å². The molecule has 0 aliphatic carbocycles. The molecule has 0 atom stereocenters. The van der Waals surface area contributed by atoms with Gasteiger partial charge in [-0.05, 0) is 18.2 Å². The van der Waals surface area contributed by atoms with Crippen LogP contribution in [-0.2, 0) is 7.05 Å². The van der Waals surface area contributed by atoms with Crippen LogP contribution in [0.4, 0.5) is 5.69 Å². The monoisotopic (exact) mass is 240 g/mol. The Morgan fingerprint density at radius 3 is 2.89 bits per heavy atom. The Labute approximate surface area is 105 Å². The van der Waals surface area contributed by atoms with Crippen LogP contribution in [0, 0.1) is 11.3 Å². The smallest absolute Gasteiger partial charge is 0.278 e. The normalized spacial score (nSPS) is 9.83. The van der Waals surface area contributed by atoms with Gasteiger partial charge in [0.25, 0.3) is 5.91 Å². The maximum Gasteiger partial charge on any atom is 0.278 e. The highest BCUT2D eigenvalue weighted by atomic mass is 16.2. The molecule has 1 heterocycles. The van der Waals surface area contributed by atoms with Gasteiger partial charge in [-0.2, -0.15) is 5.26 Å². The summed E-state index contributed by atoms with van der Waals surface area (Å²) in [6.45, 7) is 0. The zero-order valence-corrected chi connectivity index (χ0v) is 10.2. The SMILES string of the molecule is CN(C(=O)c1cn(C)cn1)c1cccc(C#N)c1. The number of aryl methyl sites for hydroxylation is 1. The van der Waals surface area contributed by atoms with E-state index in [-0.39, 0.29) is 5.91 Å². The topological polar surface area (TPSA) is 61.9 Å². The second kappa shape index (κ2) is 4.72. The van der Waals surface area contributed by atoms with Gasteiger partial charge in [-0.1, -0.05) is 6.07 Å². The number of hydrogen-bond acceptors (Lipinski definition) is 3. The van der Waals surface area contributed by atoms with Gasteiger partial charge in [-0.3, -0.25) is 4.79 Å². The number of benzene rings is 1. The Bertz CT molecular complexity index is 624. The van der Waals surface area contributed by atoms with Crippen LogP contribution in [0.3, 0.4) is 0 Å². The Balaban J connectivity index is 2.28. The molecule has 0 unspecified atom stereocenters. The molecule has 18 heavy (non-hydrogen) atoms. The molecule has 1 aromatic carbocycles. The number of nitrogens with zero attached hydrogens (tertiary/aromatic N) is 4. The van der Waals surface area contributed by atoms with Crippen LogP contribution in [-0.4, -0.2) is 22.5 Å². The number of hydrogen-bond donors (Lipinski definition) is 0. The fraction of sp³-hybridized carbons (Fsp3) is 0.154. The zero-order valence-electron chi connectivity index (χ0n) is 10.2. The number of imidazole rings is 1. The lowest BCUT2D eigenvalue weighted by Gasteiger charge is -2.16. The Kier molecular flexibility index (Phi) is 3.11. The Morgan fingerprint density at radius 1 is 1.50 bits per heavy atom. The second-order valence-corrected chi connectivity index (χ2v) is 3.95. The van der Waals surface area contributed by atoms with Gasteiger partial charge < -0.3 is 9.47 Å². The van der Waals surface area contributed by atoms with Crippen LogP contribution in [0.15, 0.2) is 36.8 Å². The molecule has 90 valence electrons. The molecule has 2 rings (SSSR count). The summed E-state index contributed by atoms with van der Waals surface area (Å²) in [6, 6.07) is 8.94. The highest BCUT2D eigenvalue weighted by Gasteiger charge is 2.15. The number of rotatable bonds is 2. The summed E-state index contributed by atoms with van der Waals surface area (Å²) in [6.07, 6.45) is 3.24. The van der Waals surface area contributed by atoms with Gasteiger partial charge in [0.05, 0.1) is 18.0 Å². The summed E-state index contributed by atoms with van der Waals surface area (Å²) in [5.41, 5.74) is 1.57. The van der Waals surface area contributed by atoms with Crippen LogP contribution in [0.5, 0.6) is 0 Å². The van der Waals surface area contributed by atoms with Crippen molar-refractivity contribution in [3.63, 3.8) is 0 Å². The van der Waals surface area contributed by atoms with E-state index in [1.165, 1.54) is 4.90 Å². The fourth-order valence-corrected chi connectivity index (χ4v) is 1.60. The van der Waals surface area contributed by atoms with Crippen LogP contribution < -0.4 is 4.90 Å². The molecule has 0 aliphatic heterocycles. The Hall–Kier alpha value is -2.61. The summed E-state index contributed by atoms with van der Waals surface area (Å²) >= 11 is 0. The van der Waals surface area contributed by atoms with Crippen molar-refractivity contribution in [1.29, 1.82) is 5.26 Å². The first-order valence-electron chi connectivity index (χ1n) is 5.38. The first kappa shape index (κ1) is 11.9. The van der Waals surface area contributed by atoms with E-state index in [0.717, 1.165) is 0 Å². The van der Waals surface area contributed by atoms with E-state index in [1.807, 2.05) is 6.07 Å². The van der Waals surface area contributed by atoms with Gasteiger partial charge in [-0.25, -0.2) is 4.98 Å². The van der Waals surface area contributed by atoms with Crippen molar-refractivity contribution in [2.24, 2.45) is 7.05 Å². The third-order valence-electron chi connectivity index (χ3n) is 2.59. The number of carbonyl (C=O) groups excluding carboxylic acids is 1. The number of anilines is 1. The average molecular weight is 240 g/mol. The summed E-state index contributed by atoms with van der Waals surface area (Å²) in [5.74, 6) is -0.203. The van der Waals surface area contributed by atoms with E-state index in [1.54, 1.807) is 55.5 Å². The predicted octanol–water partition coefficient (Wildman–Crippen LogP) is 1.57.